The molecule has 0 spiro atoms. The van der Waals surface area contributed by atoms with E-state index in [1.54, 1.807) is 16.1 Å². The van der Waals surface area contributed by atoms with E-state index in [-0.39, 0.29) is 17.3 Å². The summed E-state index contributed by atoms with van der Waals surface area (Å²) in [7, 11) is -2.94. The SMILES string of the molecule is CC(C)NS(=O)(=O)C1CC1.CC(C)n1nnc(-c2ccc(Br)s2)n1. The van der Waals surface area contributed by atoms with Gasteiger partial charge in [0, 0.05) is 6.04 Å². The number of tetrazole rings is 1. The Balaban J connectivity index is 0.000000185. The molecule has 0 saturated heterocycles. The standard InChI is InChI=1S/C8H9BrN4S.C6H13NO2S/c1-5(2)13-11-8(10-12-13)6-3-4-7(9)14-6;1-5(2)7-10(8,9)6-3-4-6/h3-5H,1-2H3;5-7H,3-4H2,1-2H3. The van der Waals surface area contributed by atoms with Crippen molar-refractivity contribution in [2.75, 3.05) is 0 Å². The van der Waals surface area contributed by atoms with Crippen molar-refractivity contribution < 1.29 is 8.42 Å². The molecule has 134 valence electrons. The van der Waals surface area contributed by atoms with Gasteiger partial charge in [-0.25, -0.2) is 13.1 Å². The number of nitrogens with zero attached hydrogens (tertiary/aromatic N) is 4. The van der Waals surface area contributed by atoms with E-state index in [1.807, 2.05) is 39.8 Å². The zero-order chi connectivity index (χ0) is 17.9. The monoisotopic (exact) mass is 435 g/mol. The Morgan fingerprint density at radius 1 is 1.29 bits per heavy atom. The normalized spacial score (nSPS) is 14.8. The van der Waals surface area contributed by atoms with E-state index in [9.17, 15) is 8.42 Å². The molecule has 2 heterocycles. The highest BCUT2D eigenvalue weighted by atomic mass is 79.9. The highest BCUT2D eigenvalue weighted by Gasteiger charge is 2.35. The van der Waals surface area contributed by atoms with Gasteiger partial charge in [0.2, 0.25) is 15.8 Å². The number of sulfonamides is 1. The van der Waals surface area contributed by atoms with Gasteiger partial charge in [-0.05, 0) is 73.8 Å². The number of halogens is 1. The summed E-state index contributed by atoms with van der Waals surface area (Å²) in [4.78, 5) is 2.65. The maximum absolute atomic E-state index is 11.1. The molecule has 10 heteroatoms. The van der Waals surface area contributed by atoms with Gasteiger partial charge in [0.1, 0.15) is 0 Å². The average molecular weight is 436 g/mol. The van der Waals surface area contributed by atoms with Gasteiger partial charge in [-0.15, -0.1) is 21.5 Å². The summed E-state index contributed by atoms with van der Waals surface area (Å²) in [5.74, 6) is 0.689. The predicted molar refractivity (Wildman–Crippen MR) is 99.4 cm³/mol. The van der Waals surface area contributed by atoms with Crippen molar-refractivity contribution >= 4 is 37.3 Å². The fourth-order valence-electron chi connectivity index (χ4n) is 1.78. The van der Waals surface area contributed by atoms with Gasteiger partial charge in [-0.1, -0.05) is 0 Å². The number of rotatable bonds is 5. The lowest BCUT2D eigenvalue weighted by atomic mass is 10.4. The summed E-state index contributed by atoms with van der Waals surface area (Å²) in [6.07, 6.45) is 1.67. The summed E-state index contributed by atoms with van der Waals surface area (Å²) < 4.78 is 25.8. The van der Waals surface area contributed by atoms with Crippen LogP contribution in [0.1, 0.15) is 46.6 Å². The van der Waals surface area contributed by atoms with Crippen LogP contribution in [-0.2, 0) is 10.0 Å². The van der Waals surface area contributed by atoms with Gasteiger partial charge < -0.3 is 0 Å². The predicted octanol–water partition coefficient (Wildman–Crippen LogP) is 3.22. The maximum Gasteiger partial charge on any atom is 0.214 e. The second-order valence-corrected chi connectivity index (χ2v) is 10.6. The molecule has 2 aromatic rings. The number of thiophene rings is 1. The Kier molecular flexibility index (Phi) is 6.52. The van der Waals surface area contributed by atoms with Crippen LogP contribution >= 0.6 is 27.3 Å². The van der Waals surface area contributed by atoms with Crippen LogP contribution in [0.5, 0.6) is 0 Å². The fourth-order valence-corrected chi connectivity index (χ4v) is 4.70. The van der Waals surface area contributed by atoms with Crippen LogP contribution in [0.3, 0.4) is 0 Å². The van der Waals surface area contributed by atoms with E-state index in [0.717, 1.165) is 21.5 Å². The molecule has 0 aliphatic heterocycles. The van der Waals surface area contributed by atoms with Gasteiger partial charge in [-0.2, -0.15) is 4.80 Å². The van der Waals surface area contributed by atoms with Crippen LogP contribution in [0.25, 0.3) is 10.7 Å². The van der Waals surface area contributed by atoms with Gasteiger partial charge in [-0.3, -0.25) is 0 Å². The minimum atomic E-state index is -2.94. The summed E-state index contributed by atoms with van der Waals surface area (Å²) >= 11 is 5.01. The van der Waals surface area contributed by atoms with Gasteiger partial charge in [0.05, 0.1) is 20.0 Å². The summed E-state index contributed by atoms with van der Waals surface area (Å²) in [5, 5.41) is 12.2. The minimum absolute atomic E-state index is 0.0330. The zero-order valence-electron chi connectivity index (χ0n) is 14.1. The van der Waals surface area contributed by atoms with Gasteiger partial charge in [0.25, 0.3) is 0 Å². The first-order chi connectivity index (χ1) is 11.2. The van der Waals surface area contributed by atoms with Crippen LogP contribution in [0.15, 0.2) is 15.9 Å². The molecular weight excluding hydrogens is 414 g/mol. The molecule has 0 radical (unpaired) electrons. The van der Waals surface area contributed by atoms with E-state index < -0.39 is 10.0 Å². The third-order valence-corrected chi connectivity index (χ3v) is 6.82. The molecule has 3 rings (SSSR count). The van der Waals surface area contributed by atoms with Crippen molar-refractivity contribution in [1.82, 2.24) is 24.9 Å². The summed E-state index contributed by atoms with van der Waals surface area (Å²) in [5.41, 5.74) is 0. The summed E-state index contributed by atoms with van der Waals surface area (Å²) in [6.45, 7) is 7.71. The first kappa shape index (κ1) is 19.5. The van der Waals surface area contributed by atoms with Crippen LogP contribution < -0.4 is 4.72 Å². The van der Waals surface area contributed by atoms with E-state index in [4.69, 9.17) is 0 Å². The first-order valence-corrected chi connectivity index (χ1v) is 10.9. The second kappa shape index (κ2) is 8.03. The molecule has 1 fully saturated rings. The summed E-state index contributed by atoms with van der Waals surface area (Å²) in [6, 6.07) is 4.25. The maximum atomic E-state index is 11.1. The molecule has 7 nitrogen and oxygen atoms in total. The molecule has 0 amide bonds. The number of hydrogen-bond donors (Lipinski definition) is 1. The Hall–Kier alpha value is -0.840. The van der Waals surface area contributed by atoms with Crippen molar-refractivity contribution in [3.63, 3.8) is 0 Å². The molecule has 1 N–H and O–H groups in total. The average Bonchev–Trinajstić information content (AvgIpc) is 3.06. The third-order valence-electron chi connectivity index (χ3n) is 3.05. The van der Waals surface area contributed by atoms with Crippen molar-refractivity contribution in [2.24, 2.45) is 0 Å². The lowest BCUT2D eigenvalue weighted by Crippen LogP contribution is -2.32. The lowest BCUT2D eigenvalue weighted by Gasteiger charge is -2.07. The highest BCUT2D eigenvalue weighted by Crippen LogP contribution is 2.28. The molecule has 2 aromatic heterocycles. The van der Waals surface area contributed by atoms with E-state index in [2.05, 4.69) is 36.1 Å². The fraction of sp³-hybridized carbons (Fsp3) is 0.643. The molecule has 0 bridgehead atoms. The molecule has 0 atom stereocenters. The van der Waals surface area contributed by atoms with Crippen LogP contribution in [-0.4, -0.2) is 39.9 Å². The smallest absolute Gasteiger partial charge is 0.212 e. The molecule has 1 aliphatic carbocycles. The second-order valence-electron chi connectivity index (χ2n) is 6.15. The quantitative estimate of drug-likeness (QED) is 0.778. The highest BCUT2D eigenvalue weighted by molar-refractivity contribution is 9.11. The molecule has 1 saturated carbocycles. The Morgan fingerprint density at radius 3 is 2.38 bits per heavy atom. The van der Waals surface area contributed by atoms with Gasteiger partial charge >= 0.3 is 0 Å². The van der Waals surface area contributed by atoms with E-state index in [1.165, 1.54) is 0 Å². The zero-order valence-corrected chi connectivity index (χ0v) is 17.3. The molecular formula is C14H22BrN5O2S2. The Morgan fingerprint density at radius 2 is 1.96 bits per heavy atom. The number of nitrogens with one attached hydrogen (secondary N) is 1. The van der Waals surface area contributed by atoms with Crippen molar-refractivity contribution in [2.45, 2.75) is 57.9 Å². The Labute approximate surface area is 155 Å². The van der Waals surface area contributed by atoms with Gasteiger partial charge in [0.15, 0.2) is 0 Å². The van der Waals surface area contributed by atoms with Crippen molar-refractivity contribution in [1.29, 1.82) is 0 Å². The van der Waals surface area contributed by atoms with Crippen molar-refractivity contribution in [3.8, 4) is 10.7 Å². The van der Waals surface area contributed by atoms with Crippen LogP contribution in [0.2, 0.25) is 0 Å². The van der Waals surface area contributed by atoms with Crippen LogP contribution in [0.4, 0.5) is 0 Å². The van der Waals surface area contributed by atoms with Crippen LogP contribution in [0, 0.1) is 0 Å². The molecule has 24 heavy (non-hydrogen) atoms. The topological polar surface area (TPSA) is 89.8 Å². The van der Waals surface area contributed by atoms with E-state index >= 15 is 0 Å². The van der Waals surface area contributed by atoms with Crippen molar-refractivity contribution in [3.05, 3.63) is 15.9 Å². The molecule has 0 aromatic carbocycles. The minimum Gasteiger partial charge on any atom is -0.212 e. The number of aromatic nitrogens is 4. The first-order valence-electron chi connectivity index (χ1n) is 7.75. The number of hydrogen-bond acceptors (Lipinski definition) is 6. The largest absolute Gasteiger partial charge is 0.214 e. The molecule has 0 unspecified atom stereocenters. The van der Waals surface area contributed by atoms with E-state index in [0.29, 0.717) is 5.82 Å². The molecule has 1 aliphatic rings. The Bertz CT molecular complexity index is 766. The lowest BCUT2D eigenvalue weighted by molar-refractivity contribution is 0.455. The third kappa shape index (κ3) is 5.61.